The summed E-state index contributed by atoms with van der Waals surface area (Å²) in [5.74, 6) is -3.95. The van der Waals surface area contributed by atoms with Gasteiger partial charge in [-0.2, -0.15) is 0 Å². The lowest BCUT2D eigenvalue weighted by Crippen LogP contribution is -2.68. The van der Waals surface area contributed by atoms with Crippen LogP contribution in [0.4, 0.5) is 14.5 Å². The second-order valence-corrected chi connectivity index (χ2v) is 12.0. The summed E-state index contributed by atoms with van der Waals surface area (Å²) in [6.45, 7) is 3.26. The number of benzene rings is 1. The van der Waals surface area contributed by atoms with E-state index in [0.717, 1.165) is 0 Å². The van der Waals surface area contributed by atoms with Gasteiger partial charge in [0.25, 0.3) is 5.92 Å². The van der Waals surface area contributed by atoms with Crippen molar-refractivity contribution < 1.29 is 18.4 Å². The zero-order chi connectivity index (χ0) is 24.7. The number of aliphatic imine (C=N–C) groups is 1. The van der Waals surface area contributed by atoms with Crippen molar-refractivity contribution in [3.8, 4) is 0 Å². The summed E-state index contributed by atoms with van der Waals surface area (Å²) in [6, 6.07) is 4.81. The number of guanidine groups is 1. The minimum absolute atomic E-state index is 0.00736. The molecule has 3 atom stereocenters. The Bertz CT molecular complexity index is 1090. The van der Waals surface area contributed by atoms with Crippen LogP contribution in [0.15, 0.2) is 23.2 Å². The van der Waals surface area contributed by atoms with E-state index < -0.39 is 28.8 Å². The van der Waals surface area contributed by atoms with Crippen LogP contribution in [0.3, 0.4) is 0 Å². The Morgan fingerprint density at radius 1 is 1.29 bits per heavy atom. The van der Waals surface area contributed by atoms with Gasteiger partial charge in [-0.25, -0.2) is 13.8 Å². The van der Waals surface area contributed by atoms with Crippen LogP contribution in [-0.2, 0) is 15.1 Å². The van der Waals surface area contributed by atoms with Crippen LogP contribution in [0.25, 0.3) is 0 Å². The number of nitrogens with zero attached hydrogens (tertiary/aromatic N) is 2. The molecule has 4 aliphatic carbocycles. The van der Waals surface area contributed by atoms with Gasteiger partial charge in [0.15, 0.2) is 5.96 Å². The fraction of sp³-hybridized carbons (Fsp3) is 0.625. The molecule has 1 aliphatic heterocycles. The van der Waals surface area contributed by atoms with Gasteiger partial charge in [-0.3, -0.25) is 14.5 Å². The summed E-state index contributed by atoms with van der Waals surface area (Å²) in [5.41, 5.74) is 5.80. The van der Waals surface area contributed by atoms with E-state index in [-0.39, 0.29) is 48.3 Å². The number of nitrogens with one attached hydrogen (secondary N) is 1. The molecule has 2 amide bonds. The third kappa shape index (κ3) is 3.60. The molecule has 1 aromatic rings. The van der Waals surface area contributed by atoms with Crippen LogP contribution in [0.5, 0.6) is 0 Å². The van der Waals surface area contributed by atoms with Crippen molar-refractivity contribution in [3.05, 3.63) is 28.8 Å². The number of anilines is 1. The maximum Gasteiger partial charge on any atom is 0.250 e. The van der Waals surface area contributed by atoms with Gasteiger partial charge in [-0.05, 0) is 45.1 Å². The standard InChI is InChI=1S/C24H28Cl2F2N4O2/c1-13-8-14(6-7-24(13,27)28)32-17(33)9-21(2,31-20(32)29)15-4-3-5-16(18(15)25)30-19(34)22-10-23(26,11-22)12-22/h3-5,13-14H,6-12H2,1-2H3,(H2,29,31)(H,30,34)/t13-,14-,21-,22?,23?/m0/s1. The molecule has 0 aromatic heterocycles. The van der Waals surface area contributed by atoms with Gasteiger partial charge in [-0.1, -0.05) is 30.7 Å². The molecule has 0 saturated heterocycles. The maximum absolute atomic E-state index is 14.0. The van der Waals surface area contributed by atoms with E-state index >= 15 is 0 Å². The third-order valence-corrected chi connectivity index (χ3v) is 8.98. The molecule has 0 spiro atoms. The number of nitrogens with two attached hydrogens (primary N) is 1. The largest absolute Gasteiger partial charge is 0.369 e. The lowest BCUT2D eigenvalue weighted by molar-refractivity contribution is -0.152. The smallest absolute Gasteiger partial charge is 0.250 e. The SMILES string of the molecule is C[C@H]1C[C@@H](N2C(=O)C[C@@](C)(c3cccc(NC(=O)C45CC(Cl)(C4)C5)c3Cl)N=C2N)CCC1(F)F. The average Bonchev–Trinajstić information content (AvgIpc) is 2.68. The van der Waals surface area contributed by atoms with Crippen LogP contribution in [0.2, 0.25) is 5.02 Å². The van der Waals surface area contributed by atoms with Gasteiger partial charge in [0.1, 0.15) is 0 Å². The Balaban J connectivity index is 1.37. The van der Waals surface area contributed by atoms with Crippen molar-refractivity contribution in [3.63, 3.8) is 0 Å². The van der Waals surface area contributed by atoms with E-state index in [1.807, 2.05) is 0 Å². The van der Waals surface area contributed by atoms with Crippen LogP contribution < -0.4 is 11.1 Å². The fourth-order valence-corrected chi connectivity index (χ4v) is 7.29. The van der Waals surface area contributed by atoms with Crippen molar-refractivity contribution in [2.24, 2.45) is 22.1 Å². The van der Waals surface area contributed by atoms with Crippen molar-refractivity contribution in [1.29, 1.82) is 0 Å². The zero-order valence-electron chi connectivity index (χ0n) is 19.1. The molecule has 184 valence electrons. The van der Waals surface area contributed by atoms with Crippen molar-refractivity contribution in [2.45, 2.75) is 81.2 Å². The highest BCUT2D eigenvalue weighted by Gasteiger charge is 2.71. The van der Waals surface area contributed by atoms with Crippen molar-refractivity contribution in [1.82, 2.24) is 4.90 Å². The molecule has 4 saturated carbocycles. The van der Waals surface area contributed by atoms with E-state index in [2.05, 4.69) is 10.3 Å². The topological polar surface area (TPSA) is 87.8 Å². The quantitative estimate of drug-likeness (QED) is 0.554. The Morgan fingerprint density at radius 3 is 2.56 bits per heavy atom. The van der Waals surface area contributed by atoms with E-state index in [0.29, 0.717) is 35.5 Å². The van der Waals surface area contributed by atoms with Crippen LogP contribution in [-0.4, -0.2) is 39.5 Å². The normalized spacial score (nSPS) is 38.5. The Kier molecular flexibility index (Phi) is 5.27. The minimum Gasteiger partial charge on any atom is -0.369 e. The van der Waals surface area contributed by atoms with Gasteiger partial charge in [0.05, 0.1) is 28.1 Å². The second-order valence-electron chi connectivity index (χ2n) is 10.9. The van der Waals surface area contributed by atoms with Crippen LogP contribution in [0, 0.1) is 11.3 Å². The summed E-state index contributed by atoms with van der Waals surface area (Å²) in [6.07, 6.45) is 2.04. The summed E-state index contributed by atoms with van der Waals surface area (Å²) in [5, 5.41) is 3.22. The summed E-state index contributed by atoms with van der Waals surface area (Å²) in [4.78, 5) is 31.8. The molecule has 6 nitrogen and oxygen atoms in total. The molecule has 6 rings (SSSR count). The predicted octanol–water partition coefficient (Wildman–Crippen LogP) is 5.03. The number of amides is 2. The van der Waals surface area contributed by atoms with Crippen molar-refractivity contribution in [2.75, 3.05) is 5.32 Å². The van der Waals surface area contributed by atoms with E-state index in [4.69, 9.17) is 28.9 Å². The van der Waals surface area contributed by atoms with E-state index in [9.17, 15) is 18.4 Å². The molecule has 34 heavy (non-hydrogen) atoms. The molecule has 4 fully saturated rings. The highest BCUT2D eigenvalue weighted by Crippen LogP contribution is 2.71. The Hall–Kier alpha value is -1.93. The summed E-state index contributed by atoms with van der Waals surface area (Å²) in [7, 11) is 0. The average molecular weight is 513 g/mol. The molecule has 10 heteroatoms. The number of halogens is 4. The number of hydrogen-bond acceptors (Lipinski definition) is 4. The first kappa shape index (κ1) is 23.8. The van der Waals surface area contributed by atoms with Gasteiger partial charge in [-0.15, -0.1) is 11.6 Å². The lowest BCUT2D eigenvalue weighted by atomic mass is 9.43. The number of alkyl halides is 3. The molecule has 1 heterocycles. The van der Waals surface area contributed by atoms with Crippen LogP contribution >= 0.6 is 23.2 Å². The van der Waals surface area contributed by atoms with Gasteiger partial charge < -0.3 is 11.1 Å². The molecule has 2 bridgehead atoms. The number of hydrogen-bond donors (Lipinski definition) is 2. The monoisotopic (exact) mass is 512 g/mol. The Labute approximate surface area is 207 Å². The number of rotatable bonds is 4. The molecular formula is C24H28Cl2F2N4O2. The molecule has 0 unspecified atom stereocenters. The van der Waals surface area contributed by atoms with Gasteiger partial charge in [0.2, 0.25) is 11.8 Å². The first-order valence-electron chi connectivity index (χ1n) is 11.6. The molecule has 1 aromatic carbocycles. The predicted molar refractivity (Wildman–Crippen MR) is 127 cm³/mol. The van der Waals surface area contributed by atoms with Gasteiger partial charge in [0, 0.05) is 28.8 Å². The van der Waals surface area contributed by atoms with E-state index in [1.165, 1.54) is 11.8 Å². The summed E-state index contributed by atoms with van der Waals surface area (Å²) >= 11 is 13.0. The third-order valence-electron chi connectivity index (χ3n) is 8.17. The fourth-order valence-electron chi connectivity index (χ4n) is 6.14. The molecule has 5 aliphatic rings. The second kappa shape index (κ2) is 7.53. The number of carbonyl (C=O) groups excluding carboxylic acids is 2. The van der Waals surface area contributed by atoms with Gasteiger partial charge >= 0.3 is 0 Å². The number of carbonyl (C=O) groups is 2. The first-order valence-corrected chi connectivity index (χ1v) is 12.4. The van der Waals surface area contributed by atoms with Crippen molar-refractivity contribution >= 4 is 46.7 Å². The lowest BCUT2D eigenvalue weighted by Gasteiger charge is -2.65. The molecule has 3 N–H and O–H groups in total. The molecular weight excluding hydrogens is 485 g/mol. The first-order chi connectivity index (χ1) is 15.8. The Morgan fingerprint density at radius 2 is 1.97 bits per heavy atom. The highest BCUT2D eigenvalue weighted by atomic mass is 35.5. The van der Waals surface area contributed by atoms with Crippen LogP contribution in [0.1, 0.15) is 64.4 Å². The molecule has 0 radical (unpaired) electrons. The van der Waals surface area contributed by atoms with E-state index in [1.54, 1.807) is 25.1 Å². The highest BCUT2D eigenvalue weighted by molar-refractivity contribution is 6.35. The minimum atomic E-state index is -2.74. The maximum atomic E-state index is 14.0. The zero-order valence-corrected chi connectivity index (χ0v) is 20.6. The summed E-state index contributed by atoms with van der Waals surface area (Å²) < 4.78 is 27.9.